The summed E-state index contributed by atoms with van der Waals surface area (Å²) in [4.78, 5) is 30.2. The van der Waals surface area contributed by atoms with E-state index in [2.05, 4.69) is 10.6 Å². The van der Waals surface area contributed by atoms with Gasteiger partial charge in [-0.3, -0.25) is 14.9 Å². The maximum atomic E-state index is 10.1. The third kappa shape index (κ3) is 3.94. The number of carboxylic acid groups (broad SMARTS) is 1. The lowest BCUT2D eigenvalue weighted by Gasteiger charge is -1.99. The van der Waals surface area contributed by atoms with Crippen molar-refractivity contribution < 1.29 is 19.5 Å². The minimum atomic E-state index is -0.720. The lowest BCUT2D eigenvalue weighted by Crippen LogP contribution is -2.29. The zero-order valence-electron chi connectivity index (χ0n) is 8.08. The van der Waals surface area contributed by atoms with E-state index in [0.717, 1.165) is 19.4 Å². The second kappa shape index (κ2) is 5.30. The molecule has 15 heavy (non-hydrogen) atoms. The van der Waals surface area contributed by atoms with Crippen molar-refractivity contribution in [3.8, 4) is 0 Å². The van der Waals surface area contributed by atoms with Gasteiger partial charge in [0, 0.05) is 0 Å². The van der Waals surface area contributed by atoms with Gasteiger partial charge in [-0.1, -0.05) is 0 Å². The Balaban J connectivity index is 0.000000151. The number of aliphatic carboxylic acids is 1. The van der Waals surface area contributed by atoms with Crippen LogP contribution in [-0.4, -0.2) is 42.1 Å². The van der Waals surface area contributed by atoms with Gasteiger partial charge in [-0.15, -0.1) is 0 Å². The third-order valence-corrected chi connectivity index (χ3v) is 2.02. The first-order valence-corrected chi connectivity index (χ1v) is 4.63. The topological polar surface area (TPSA) is 108 Å². The molecule has 2 saturated heterocycles. The van der Waals surface area contributed by atoms with E-state index in [0.29, 0.717) is 0 Å². The van der Waals surface area contributed by atoms with Gasteiger partial charge < -0.3 is 15.7 Å². The van der Waals surface area contributed by atoms with E-state index in [4.69, 9.17) is 5.11 Å². The molecule has 3 amide bonds. The molecular weight excluding hydrogens is 202 g/mol. The van der Waals surface area contributed by atoms with Crippen LogP contribution in [-0.2, 0) is 9.59 Å². The number of carboxylic acids is 1. The fraction of sp³-hybridized carbons (Fsp3) is 0.625. The van der Waals surface area contributed by atoms with E-state index in [9.17, 15) is 14.4 Å². The fourth-order valence-electron chi connectivity index (χ4n) is 1.27. The molecule has 0 aromatic heterocycles. The molecule has 0 radical (unpaired) electrons. The van der Waals surface area contributed by atoms with E-state index >= 15 is 0 Å². The van der Waals surface area contributed by atoms with Crippen LogP contribution in [0.2, 0.25) is 0 Å². The molecule has 2 fully saturated rings. The van der Waals surface area contributed by atoms with Crippen molar-refractivity contribution >= 4 is 17.9 Å². The van der Waals surface area contributed by atoms with Crippen LogP contribution in [0.25, 0.3) is 0 Å². The largest absolute Gasteiger partial charge is 0.480 e. The van der Waals surface area contributed by atoms with E-state index in [1.807, 2.05) is 5.32 Å². The van der Waals surface area contributed by atoms with E-state index in [1.165, 1.54) is 0 Å². The summed E-state index contributed by atoms with van der Waals surface area (Å²) < 4.78 is 0. The Morgan fingerprint density at radius 1 is 1.40 bits per heavy atom. The van der Waals surface area contributed by atoms with Gasteiger partial charge in [0.2, 0.25) is 5.91 Å². The van der Waals surface area contributed by atoms with Gasteiger partial charge in [-0.25, -0.2) is 4.79 Å². The van der Waals surface area contributed by atoms with Crippen LogP contribution >= 0.6 is 0 Å². The summed E-state index contributed by atoms with van der Waals surface area (Å²) in [6.45, 7) is 0.982. The summed E-state index contributed by atoms with van der Waals surface area (Å²) >= 11 is 0. The zero-order chi connectivity index (χ0) is 11.3. The molecule has 84 valence electrons. The molecule has 0 spiro atoms. The lowest BCUT2D eigenvalue weighted by atomic mass is 10.2. The quantitative estimate of drug-likeness (QED) is 0.404. The monoisotopic (exact) mass is 215 g/mol. The maximum Gasteiger partial charge on any atom is 0.321 e. The summed E-state index contributed by atoms with van der Waals surface area (Å²) in [7, 11) is 0. The molecule has 7 heteroatoms. The van der Waals surface area contributed by atoms with Crippen molar-refractivity contribution in [2.24, 2.45) is 0 Å². The molecule has 2 aliphatic heterocycles. The Morgan fingerprint density at radius 2 is 2.13 bits per heavy atom. The van der Waals surface area contributed by atoms with Gasteiger partial charge in [-0.05, 0) is 19.4 Å². The van der Waals surface area contributed by atoms with E-state index < -0.39 is 12.0 Å². The average Bonchev–Trinajstić information content (AvgIpc) is 2.77. The van der Waals surface area contributed by atoms with Gasteiger partial charge >= 0.3 is 12.0 Å². The minimum absolute atomic E-state index is 0.124. The van der Waals surface area contributed by atoms with Crippen LogP contribution in [0, 0.1) is 0 Å². The molecule has 1 unspecified atom stereocenters. The first-order chi connectivity index (χ1) is 7.09. The van der Waals surface area contributed by atoms with Gasteiger partial charge in [0.05, 0.1) is 6.54 Å². The highest BCUT2D eigenvalue weighted by molar-refractivity contribution is 6.01. The Labute approximate surface area is 86.2 Å². The number of carbonyl (C=O) groups is 3. The predicted octanol–water partition coefficient (Wildman–Crippen LogP) is -1.35. The summed E-state index contributed by atoms with van der Waals surface area (Å²) in [6.07, 6.45) is 1.78. The molecule has 0 aromatic carbocycles. The van der Waals surface area contributed by atoms with Crippen molar-refractivity contribution in [3.05, 3.63) is 0 Å². The fourth-order valence-corrected chi connectivity index (χ4v) is 1.27. The number of amides is 3. The SMILES string of the molecule is O=C(O)C1CCCN1.O=C1CNC(=O)N1. The van der Waals surface area contributed by atoms with Crippen molar-refractivity contribution in [1.82, 2.24) is 16.0 Å². The molecule has 0 aliphatic carbocycles. The van der Waals surface area contributed by atoms with Crippen LogP contribution < -0.4 is 16.0 Å². The van der Waals surface area contributed by atoms with Crippen LogP contribution in [0.5, 0.6) is 0 Å². The van der Waals surface area contributed by atoms with Gasteiger partial charge in [0.1, 0.15) is 6.04 Å². The standard InChI is InChI=1S/C5H9NO2.C3H4N2O2/c7-5(8)4-2-1-3-6-4;6-2-1-4-3(7)5-2/h4,6H,1-3H2,(H,7,8);1H2,(H2,4,5,6,7). The molecule has 2 rings (SSSR count). The number of hydrogen-bond acceptors (Lipinski definition) is 4. The van der Waals surface area contributed by atoms with Crippen LogP contribution in [0.15, 0.2) is 0 Å². The number of nitrogens with one attached hydrogen (secondary N) is 3. The molecule has 4 N–H and O–H groups in total. The Kier molecular flexibility index (Phi) is 4.04. The number of imide groups is 1. The van der Waals surface area contributed by atoms with Crippen molar-refractivity contribution in [2.75, 3.05) is 13.1 Å². The summed E-state index contributed by atoms with van der Waals surface area (Å²) in [5, 5.41) is 15.5. The van der Waals surface area contributed by atoms with Crippen LogP contribution in [0.3, 0.4) is 0 Å². The summed E-state index contributed by atoms with van der Waals surface area (Å²) in [5.41, 5.74) is 0. The smallest absolute Gasteiger partial charge is 0.321 e. The number of urea groups is 1. The third-order valence-electron chi connectivity index (χ3n) is 2.02. The predicted molar refractivity (Wildman–Crippen MR) is 50.2 cm³/mol. The first-order valence-electron chi connectivity index (χ1n) is 4.63. The highest BCUT2D eigenvalue weighted by Crippen LogP contribution is 2.03. The van der Waals surface area contributed by atoms with Crippen molar-refractivity contribution in [3.63, 3.8) is 0 Å². The molecule has 1 atom stereocenters. The van der Waals surface area contributed by atoms with Crippen LogP contribution in [0.4, 0.5) is 4.79 Å². The highest BCUT2D eigenvalue weighted by atomic mass is 16.4. The average molecular weight is 215 g/mol. The number of hydrogen-bond donors (Lipinski definition) is 4. The van der Waals surface area contributed by atoms with Crippen molar-refractivity contribution in [2.45, 2.75) is 18.9 Å². The summed E-state index contributed by atoms with van der Waals surface area (Å²) in [5.74, 6) is -0.979. The molecule has 0 bridgehead atoms. The second-order valence-corrected chi connectivity index (χ2v) is 3.22. The molecule has 2 heterocycles. The van der Waals surface area contributed by atoms with E-state index in [-0.39, 0.29) is 18.5 Å². The lowest BCUT2D eigenvalue weighted by molar-refractivity contribution is -0.139. The molecule has 0 aromatic rings. The minimum Gasteiger partial charge on any atom is -0.480 e. The first kappa shape index (κ1) is 11.4. The Hall–Kier alpha value is -1.63. The molecular formula is C8H13N3O4. The van der Waals surface area contributed by atoms with E-state index in [1.54, 1.807) is 0 Å². The maximum absolute atomic E-state index is 10.1. The van der Waals surface area contributed by atoms with Crippen molar-refractivity contribution in [1.29, 1.82) is 0 Å². The molecule has 7 nitrogen and oxygen atoms in total. The van der Waals surface area contributed by atoms with Gasteiger partial charge in [0.25, 0.3) is 0 Å². The van der Waals surface area contributed by atoms with Gasteiger partial charge in [-0.2, -0.15) is 0 Å². The Morgan fingerprint density at radius 3 is 2.33 bits per heavy atom. The normalized spacial score (nSPS) is 23.9. The number of carbonyl (C=O) groups excluding carboxylic acids is 2. The second-order valence-electron chi connectivity index (χ2n) is 3.22. The Bertz CT molecular complexity index is 259. The molecule has 2 aliphatic rings. The van der Waals surface area contributed by atoms with Crippen LogP contribution in [0.1, 0.15) is 12.8 Å². The zero-order valence-corrected chi connectivity index (χ0v) is 8.08. The molecule has 0 saturated carbocycles. The number of rotatable bonds is 1. The highest BCUT2D eigenvalue weighted by Gasteiger charge is 2.20. The van der Waals surface area contributed by atoms with Gasteiger partial charge in [0.15, 0.2) is 0 Å². The summed E-state index contributed by atoms with van der Waals surface area (Å²) in [6, 6.07) is -0.667.